The van der Waals surface area contributed by atoms with Crippen molar-refractivity contribution in [2.75, 3.05) is 11.4 Å². The fraction of sp³-hybridized carbons (Fsp3) is 0.235. The summed E-state index contributed by atoms with van der Waals surface area (Å²) in [7, 11) is 0. The first kappa shape index (κ1) is 18.2. The molecule has 0 aliphatic heterocycles. The maximum atomic E-state index is 12.0. The van der Waals surface area contributed by atoms with Crippen LogP contribution in [0.1, 0.15) is 18.9 Å². The van der Waals surface area contributed by atoms with Crippen LogP contribution in [-0.2, 0) is 16.1 Å². The average molecular weight is 366 g/mol. The maximum Gasteiger partial charge on any atom is 0.223 e. The van der Waals surface area contributed by atoms with Crippen molar-refractivity contribution in [1.29, 1.82) is 0 Å². The second-order valence-corrected chi connectivity index (χ2v) is 5.99. The molecule has 126 valence electrons. The molecule has 0 saturated heterocycles. The monoisotopic (exact) mass is 365 g/mol. The van der Waals surface area contributed by atoms with E-state index in [0.29, 0.717) is 22.3 Å². The Morgan fingerprint density at radius 3 is 2.54 bits per heavy atom. The van der Waals surface area contributed by atoms with E-state index in [1.54, 1.807) is 30.6 Å². The van der Waals surface area contributed by atoms with Gasteiger partial charge in [-0.05, 0) is 35.9 Å². The summed E-state index contributed by atoms with van der Waals surface area (Å²) >= 11 is 12.1. The van der Waals surface area contributed by atoms with E-state index in [9.17, 15) is 9.59 Å². The van der Waals surface area contributed by atoms with Crippen molar-refractivity contribution in [2.45, 2.75) is 19.9 Å². The first-order valence-corrected chi connectivity index (χ1v) is 8.11. The third-order valence-electron chi connectivity index (χ3n) is 3.38. The Kier molecular flexibility index (Phi) is 6.58. The molecule has 1 N–H and O–H groups in total. The third-order valence-corrected chi connectivity index (χ3v) is 3.94. The number of pyridine rings is 1. The van der Waals surface area contributed by atoms with Crippen LogP contribution in [0.5, 0.6) is 0 Å². The van der Waals surface area contributed by atoms with Gasteiger partial charge in [-0.25, -0.2) is 0 Å². The van der Waals surface area contributed by atoms with Crippen LogP contribution < -0.4 is 10.2 Å². The number of nitrogens with one attached hydrogen (secondary N) is 1. The van der Waals surface area contributed by atoms with Gasteiger partial charge in [0.1, 0.15) is 0 Å². The molecule has 0 fully saturated rings. The number of carbonyl (C=O) groups excluding carboxylic acids is 2. The van der Waals surface area contributed by atoms with Crippen molar-refractivity contribution in [3.63, 3.8) is 0 Å². The molecule has 0 atom stereocenters. The molecule has 0 aliphatic carbocycles. The summed E-state index contributed by atoms with van der Waals surface area (Å²) in [4.78, 5) is 29.3. The Bertz CT molecular complexity index is 723. The largest absolute Gasteiger partial charge is 0.352 e. The van der Waals surface area contributed by atoms with Gasteiger partial charge in [0.15, 0.2) is 0 Å². The number of rotatable bonds is 6. The number of halogens is 2. The zero-order chi connectivity index (χ0) is 17.5. The van der Waals surface area contributed by atoms with Crippen LogP contribution >= 0.6 is 23.2 Å². The minimum atomic E-state index is -0.207. The van der Waals surface area contributed by atoms with E-state index in [1.807, 2.05) is 12.1 Å². The van der Waals surface area contributed by atoms with Gasteiger partial charge in [0, 0.05) is 43.9 Å². The predicted molar refractivity (Wildman–Crippen MR) is 95.2 cm³/mol. The van der Waals surface area contributed by atoms with Crippen LogP contribution in [0.3, 0.4) is 0 Å². The molecule has 2 aromatic rings. The van der Waals surface area contributed by atoms with Gasteiger partial charge in [0.05, 0.1) is 10.7 Å². The lowest BCUT2D eigenvalue weighted by Gasteiger charge is -2.22. The standard InChI is InChI=1S/C17H17Cl2N3O2/c1-12(23)22(16-10-14(18)2-3-15(16)19)9-6-17(24)21-11-13-4-7-20-8-5-13/h2-5,7-8,10H,6,9,11H2,1H3,(H,21,24). The Morgan fingerprint density at radius 2 is 1.88 bits per heavy atom. The van der Waals surface area contributed by atoms with E-state index in [1.165, 1.54) is 11.8 Å². The first-order chi connectivity index (χ1) is 11.5. The predicted octanol–water partition coefficient (Wildman–Crippen LogP) is 3.45. The Hall–Kier alpha value is -2.11. The molecule has 0 unspecified atom stereocenters. The third kappa shape index (κ3) is 5.22. The average Bonchev–Trinajstić information content (AvgIpc) is 2.57. The quantitative estimate of drug-likeness (QED) is 0.852. The van der Waals surface area contributed by atoms with Gasteiger partial charge in [0.2, 0.25) is 11.8 Å². The van der Waals surface area contributed by atoms with Crippen molar-refractivity contribution < 1.29 is 9.59 Å². The zero-order valence-corrected chi connectivity index (χ0v) is 14.6. The van der Waals surface area contributed by atoms with E-state index < -0.39 is 0 Å². The molecule has 0 saturated carbocycles. The van der Waals surface area contributed by atoms with Crippen molar-refractivity contribution in [2.24, 2.45) is 0 Å². The maximum absolute atomic E-state index is 12.0. The van der Waals surface area contributed by atoms with Gasteiger partial charge >= 0.3 is 0 Å². The minimum absolute atomic E-state index is 0.156. The van der Waals surface area contributed by atoms with Crippen LogP contribution in [0.15, 0.2) is 42.7 Å². The van der Waals surface area contributed by atoms with Crippen molar-refractivity contribution in [3.8, 4) is 0 Å². The summed E-state index contributed by atoms with van der Waals surface area (Å²) in [5.74, 6) is -0.364. The van der Waals surface area contributed by atoms with Crippen LogP contribution in [0.2, 0.25) is 10.0 Å². The number of benzene rings is 1. The van der Waals surface area contributed by atoms with Crippen LogP contribution in [0.25, 0.3) is 0 Å². The fourth-order valence-electron chi connectivity index (χ4n) is 2.14. The van der Waals surface area contributed by atoms with E-state index in [2.05, 4.69) is 10.3 Å². The number of aromatic nitrogens is 1. The highest BCUT2D eigenvalue weighted by Gasteiger charge is 2.16. The SMILES string of the molecule is CC(=O)N(CCC(=O)NCc1ccncc1)c1cc(Cl)ccc1Cl. The molecule has 2 amide bonds. The van der Waals surface area contributed by atoms with E-state index in [0.717, 1.165) is 5.56 Å². The van der Waals surface area contributed by atoms with Crippen molar-refractivity contribution in [1.82, 2.24) is 10.3 Å². The highest BCUT2D eigenvalue weighted by atomic mass is 35.5. The Balaban J connectivity index is 1.95. The molecule has 2 rings (SSSR count). The Morgan fingerprint density at radius 1 is 1.17 bits per heavy atom. The minimum Gasteiger partial charge on any atom is -0.352 e. The second kappa shape index (κ2) is 8.66. The molecule has 5 nitrogen and oxygen atoms in total. The summed E-state index contributed by atoms with van der Waals surface area (Å²) in [5, 5.41) is 3.69. The molecule has 0 spiro atoms. The number of anilines is 1. The van der Waals surface area contributed by atoms with Crippen LogP contribution in [-0.4, -0.2) is 23.3 Å². The second-order valence-electron chi connectivity index (χ2n) is 5.15. The Labute approximate surface area is 150 Å². The number of carbonyl (C=O) groups is 2. The highest BCUT2D eigenvalue weighted by Crippen LogP contribution is 2.29. The van der Waals surface area contributed by atoms with Crippen molar-refractivity contribution in [3.05, 3.63) is 58.3 Å². The van der Waals surface area contributed by atoms with E-state index in [4.69, 9.17) is 23.2 Å². The summed E-state index contributed by atoms with van der Waals surface area (Å²) in [6.45, 7) is 2.06. The van der Waals surface area contributed by atoms with Gasteiger partial charge in [-0.2, -0.15) is 0 Å². The molecular formula is C17H17Cl2N3O2. The topological polar surface area (TPSA) is 62.3 Å². The van der Waals surface area contributed by atoms with Crippen LogP contribution in [0, 0.1) is 0 Å². The lowest BCUT2D eigenvalue weighted by Crippen LogP contribution is -2.34. The summed E-state index contributed by atoms with van der Waals surface area (Å²) in [5.41, 5.74) is 1.46. The normalized spacial score (nSPS) is 10.3. The summed E-state index contributed by atoms with van der Waals surface area (Å²) in [6, 6.07) is 8.54. The summed E-state index contributed by atoms with van der Waals surface area (Å²) < 4.78 is 0. The van der Waals surface area contributed by atoms with Gasteiger partial charge in [-0.15, -0.1) is 0 Å². The van der Waals surface area contributed by atoms with E-state index in [-0.39, 0.29) is 24.8 Å². The molecule has 0 radical (unpaired) electrons. The summed E-state index contributed by atoms with van der Waals surface area (Å²) in [6.07, 6.45) is 3.49. The highest BCUT2D eigenvalue weighted by molar-refractivity contribution is 6.35. The molecule has 24 heavy (non-hydrogen) atoms. The fourth-order valence-corrected chi connectivity index (χ4v) is 2.53. The zero-order valence-electron chi connectivity index (χ0n) is 13.1. The number of amides is 2. The number of hydrogen-bond donors (Lipinski definition) is 1. The molecule has 0 aliphatic rings. The lowest BCUT2D eigenvalue weighted by atomic mass is 10.2. The lowest BCUT2D eigenvalue weighted by molar-refractivity contribution is -0.121. The van der Waals surface area contributed by atoms with Crippen LogP contribution in [0.4, 0.5) is 5.69 Å². The number of nitrogens with zero attached hydrogens (tertiary/aromatic N) is 2. The van der Waals surface area contributed by atoms with Gasteiger partial charge in [-0.3, -0.25) is 14.6 Å². The molecule has 1 heterocycles. The first-order valence-electron chi connectivity index (χ1n) is 7.36. The number of hydrogen-bond acceptors (Lipinski definition) is 3. The van der Waals surface area contributed by atoms with Gasteiger partial charge < -0.3 is 10.2 Å². The van der Waals surface area contributed by atoms with E-state index >= 15 is 0 Å². The molecule has 1 aromatic heterocycles. The van der Waals surface area contributed by atoms with Crippen molar-refractivity contribution >= 4 is 40.7 Å². The molecule has 0 bridgehead atoms. The molecule has 1 aromatic carbocycles. The molecule has 7 heteroatoms. The molecular weight excluding hydrogens is 349 g/mol. The van der Waals surface area contributed by atoms with Gasteiger partial charge in [0.25, 0.3) is 0 Å². The van der Waals surface area contributed by atoms with Gasteiger partial charge in [-0.1, -0.05) is 23.2 Å². The smallest absolute Gasteiger partial charge is 0.223 e.